The third kappa shape index (κ3) is 3.42. The molecule has 20 heavy (non-hydrogen) atoms. The fourth-order valence-electron chi connectivity index (χ4n) is 1.48. The Morgan fingerprint density at radius 3 is 2.65 bits per heavy atom. The zero-order valence-corrected chi connectivity index (χ0v) is 11.9. The Kier molecular flexibility index (Phi) is 5.39. The molecule has 9 nitrogen and oxygen atoms in total. The Balaban J connectivity index is 3.21. The Labute approximate surface area is 116 Å². The third-order valence-corrected chi connectivity index (χ3v) is 4.54. The molecule has 0 aliphatic rings. The molecule has 0 saturated heterocycles. The van der Waals surface area contributed by atoms with E-state index in [1.54, 1.807) is 0 Å². The van der Waals surface area contributed by atoms with E-state index in [4.69, 9.17) is 10.6 Å². The Hall–Kier alpha value is -1.75. The van der Waals surface area contributed by atoms with Crippen molar-refractivity contribution in [3.8, 4) is 0 Å². The largest absolute Gasteiger partial charge is 0.383 e. The van der Waals surface area contributed by atoms with Gasteiger partial charge in [-0.3, -0.25) is 16.0 Å². The monoisotopic (exact) mass is 304 g/mol. The minimum absolute atomic E-state index is 0.0385. The molecule has 0 aliphatic carbocycles. The average Bonchev–Trinajstić information content (AvgIpc) is 2.43. The number of sulfonamides is 1. The van der Waals surface area contributed by atoms with Crippen LogP contribution in [0.25, 0.3) is 0 Å². The maximum atomic E-state index is 12.3. The number of methoxy groups -OCH3 is 1. The van der Waals surface area contributed by atoms with Crippen molar-refractivity contribution in [2.75, 3.05) is 32.7 Å². The van der Waals surface area contributed by atoms with Gasteiger partial charge in [0.05, 0.1) is 17.2 Å². The van der Waals surface area contributed by atoms with Crippen molar-refractivity contribution in [3.63, 3.8) is 0 Å². The van der Waals surface area contributed by atoms with Gasteiger partial charge in [-0.2, -0.15) is 4.31 Å². The van der Waals surface area contributed by atoms with E-state index in [0.29, 0.717) is 0 Å². The summed E-state index contributed by atoms with van der Waals surface area (Å²) in [4.78, 5) is 9.90. The quantitative estimate of drug-likeness (QED) is 0.417. The first-order valence-corrected chi connectivity index (χ1v) is 6.99. The molecule has 0 atom stereocenters. The number of hydrogen-bond acceptors (Lipinski definition) is 7. The maximum Gasteiger partial charge on any atom is 0.271 e. The number of rotatable bonds is 7. The van der Waals surface area contributed by atoms with Crippen molar-refractivity contribution in [3.05, 3.63) is 28.3 Å². The molecule has 0 amide bonds. The van der Waals surface area contributed by atoms with E-state index in [9.17, 15) is 18.5 Å². The smallest absolute Gasteiger partial charge is 0.271 e. The van der Waals surface area contributed by atoms with Gasteiger partial charge < -0.3 is 10.2 Å². The van der Waals surface area contributed by atoms with Crippen LogP contribution in [0, 0.1) is 10.1 Å². The topological polar surface area (TPSA) is 128 Å². The van der Waals surface area contributed by atoms with Crippen molar-refractivity contribution in [2.24, 2.45) is 5.84 Å². The van der Waals surface area contributed by atoms with Crippen LogP contribution < -0.4 is 11.3 Å². The first-order valence-electron chi connectivity index (χ1n) is 5.55. The zero-order valence-electron chi connectivity index (χ0n) is 11.1. The normalized spacial score (nSPS) is 11.6. The van der Waals surface area contributed by atoms with Gasteiger partial charge in [0.25, 0.3) is 5.69 Å². The van der Waals surface area contributed by atoms with Crippen molar-refractivity contribution in [1.82, 2.24) is 4.31 Å². The zero-order chi connectivity index (χ0) is 15.3. The van der Waals surface area contributed by atoms with Crippen LogP contribution in [0.2, 0.25) is 0 Å². The highest BCUT2D eigenvalue weighted by molar-refractivity contribution is 7.89. The summed E-state index contributed by atoms with van der Waals surface area (Å²) in [6, 6.07) is 3.32. The number of nitrogens with one attached hydrogen (secondary N) is 1. The summed E-state index contributed by atoms with van der Waals surface area (Å²) in [5.41, 5.74) is 1.87. The molecule has 0 saturated carbocycles. The third-order valence-electron chi connectivity index (χ3n) is 2.63. The lowest BCUT2D eigenvalue weighted by atomic mass is 10.3. The summed E-state index contributed by atoms with van der Waals surface area (Å²) in [6.45, 7) is 0.383. The van der Waals surface area contributed by atoms with Gasteiger partial charge in [0.2, 0.25) is 10.0 Å². The molecule has 1 aromatic rings. The minimum Gasteiger partial charge on any atom is -0.383 e. The molecule has 10 heteroatoms. The summed E-state index contributed by atoms with van der Waals surface area (Å²) < 4.78 is 30.5. The van der Waals surface area contributed by atoms with Crippen LogP contribution in [0.4, 0.5) is 11.4 Å². The number of likely N-dealkylation sites (N-methyl/N-ethyl adjacent to an activating group) is 1. The van der Waals surface area contributed by atoms with Gasteiger partial charge in [-0.1, -0.05) is 0 Å². The van der Waals surface area contributed by atoms with Crippen LogP contribution in [-0.4, -0.2) is 45.0 Å². The molecule has 0 unspecified atom stereocenters. The van der Waals surface area contributed by atoms with Gasteiger partial charge >= 0.3 is 0 Å². The van der Waals surface area contributed by atoms with Crippen LogP contribution in [-0.2, 0) is 14.8 Å². The molecular formula is C10H16N4O5S. The predicted octanol–water partition coefficient (Wildman–Crippen LogP) is 0.147. The van der Waals surface area contributed by atoms with E-state index >= 15 is 0 Å². The summed E-state index contributed by atoms with van der Waals surface area (Å²) in [5, 5.41) is 10.7. The summed E-state index contributed by atoms with van der Waals surface area (Å²) in [6.07, 6.45) is 0. The predicted molar refractivity (Wildman–Crippen MR) is 72.6 cm³/mol. The second-order valence-corrected chi connectivity index (χ2v) is 5.91. The second kappa shape index (κ2) is 6.61. The first kappa shape index (κ1) is 16.3. The van der Waals surface area contributed by atoms with Crippen LogP contribution in [0.5, 0.6) is 0 Å². The molecule has 0 spiro atoms. The van der Waals surface area contributed by atoms with Crippen molar-refractivity contribution in [2.45, 2.75) is 4.90 Å². The lowest BCUT2D eigenvalue weighted by molar-refractivity contribution is -0.384. The van der Waals surface area contributed by atoms with Gasteiger partial charge in [-0.25, -0.2) is 8.42 Å². The molecule has 112 valence electrons. The number of nitrogen functional groups attached to an aromatic ring is 1. The van der Waals surface area contributed by atoms with Crippen LogP contribution in [0.15, 0.2) is 23.1 Å². The number of hydrazine groups is 1. The Bertz CT molecular complexity index is 589. The Morgan fingerprint density at radius 1 is 1.50 bits per heavy atom. The number of nitro benzene ring substituents is 1. The molecule has 1 rings (SSSR count). The number of anilines is 1. The van der Waals surface area contributed by atoms with E-state index in [1.807, 2.05) is 0 Å². The number of nitro groups is 1. The fraction of sp³-hybridized carbons (Fsp3) is 0.400. The van der Waals surface area contributed by atoms with Crippen LogP contribution in [0.3, 0.4) is 0 Å². The van der Waals surface area contributed by atoms with Gasteiger partial charge in [0.1, 0.15) is 4.90 Å². The van der Waals surface area contributed by atoms with Gasteiger partial charge in [-0.05, 0) is 6.07 Å². The van der Waals surface area contributed by atoms with Crippen LogP contribution >= 0.6 is 0 Å². The van der Waals surface area contributed by atoms with Crippen molar-refractivity contribution < 1.29 is 18.1 Å². The van der Waals surface area contributed by atoms with E-state index in [2.05, 4.69) is 5.43 Å². The van der Waals surface area contributed by atoms with Gasteiger partial charge in [0.15, 0.2) is 0 Å². The standard InChI is InChI=1S/C10H16N4O5S/c1-13(5-6-19-2)20(17,18)10-4-3-8(14(15)16)7-9(10)12-11/h3-4,7,12H,5-6,11H2,1-2H3. The lowest BCUT2D eigenvalue weighted by Crippen LogP contribution is -2.31. The van der Waals surface area contributed by atoms with E-state index in [0.717, 1.165) is 22.5 Å². The molecule has 3 N–H and O–H groups in total. The number of hydrogen-bond donors (Lipinski definition) is 2. The Morgan fingerprint density at radius 2 is 2.15 bits per heavy atom. The molecule has 1 aromatic carbocycles. The molecule has 0 aliphatic heterocycles. The number of non-ortho nitro benzene ring substituents is 1. The SMILES string of the molecule is COCCN(C)S(=O)(=O)c1ccc([N+](=O)[O-])cc1NN. The lowest BCUT2D eigenvalue weighted by Gasteiger charge is -2.18. The average molecular weight is 304 g/mol. The van der Waals surface area contributed by atoms with Crippen molar-refractivity contribution in [1.29, 1.82) is 0 Å². The highest BCUT2D eigenvalue weighted by Crippen LogP contribution is 2.27. The van der Waals surface area contributed by atoms with Gasteiger partial charge in [0, 0.05) is 32.8 Å². The summed E-state index contributed by atoms with van der Waals surface area (Å²) >= 11 is 0. The maximum absolute atomic E-state index is 12.3. The highest BCUT2D eigenvalue weighted by Gasteiger charge is 2.25. The molecule has 0 aromatic heterocycles. The summed E-state index contributed by atoms with van der Waals surface area (Å²) in [7, 11) is -0.966. The van der Waals surface area contributed by atoms with Crippen molar-refractivity contribution >= 4 is 21.4 Å². The highest BCUT2D eigenvalue weighted by atomic mass is 32.2. The summed E-state index contributed by atoms with van der Waals surface area (Å²) in [5.74, 6) is 5.24. The minimum atomic E-state index is -3.81. The van der Waals surface area contributed by atoms with E-state index in [-0.39, 0.29) is 29.4 Å². The van der Waals surface area contributed by atoms with Gasteiger partial charge in [-0.15, -0.1) is 0 Å². The number of ether oxygens (including phenoxy) is 1. The molecule has 0 bridgehead atoms. The molecule has 0 heterocycles. The number of nitrogens with zero attached hydrogens (tertiary/aromatic N) is 2. The van der Waals surface area contributed by atoms with Crippen LogP contribution in [0.1, 0.15) is 0 Å². The number of benzene rings is 1. The number of nitrogens with two attached hydrogens (primary N) is 1. The van der Waals surface area contributed by atoms with E-state index < -0.39 is 14.9 Å². The van der Waals surface area contributed by atoms with E-state index in [1.165, 1.54) is 14.2 Å². The fourth-order valence-corrected chi connectivity index (χ4v) is 2.76. The molecule has 0 radical (unpaired) electrons. The molecule has 0 fully saturated rings. The second-order valence-electron chi connectivity index (χ2n) is 3.90. The molecular weight excluding hydrogens is 288 g/mol. The first-order chi connectivity index (χ1) is 9.34.